The van der Waals surface area contributed by atoms with Crippen molar-refractivity contribution in [2.24, 2.45) is 0 Å². The van der Waals surface area contributed by atoms with Gasteiger partial charge in [-0.1, -0.05) is 0 Å². The Hall–Kier alpha value is -0.740. The quantitative estimate of drug-likeness (QED) is 0.688. The molecule has 0 bridgehead atoms. The fourth-order valence-corrected chi connectivity index (χ4v) is 3.12. The normalized spacial score (nSPS) is 12.9. The van der Waals surface area contributed by atoms with Crippen LogP contribution in [0.1, 0.15) is 42.0 Å². The molecular formula is C16H28N2OS. The molecule has 0 aromatic carbocycles. The molecule has 0 saturated carbocycles. The summed E-state index contributed by atoms with van der Waals surface area (Å²) in [5, 5.41) is 0. The minimum atomic E-state index is 0.233. The molecule has 1 rings (SSSR count). The predicted molar refractivity (Wildman–Crippen MR) is 89.0 cm³/mol. The van der Waals surface area contributed by atoms with Crippen LogP contribution in [0.2, 0.25) is 0 Å². The SMILES string of the molecule is CCn1c(C)cc(C(=O)CN(C)C(C)CCSC)c1C. The van der Waals surface area contributed by atoms with Crippen LogP contribution in [0.15, 0.2) is 6.07 Å². The number of carbonyl (C=O) groups is 1. The highest BCUT2D eigenvalue weighted by Crippen LogP contribution is 2.16. The number of carbonyl (C=O) groups excluding carboxylic acids is 1. The zero-order chi connectivity index (χ0) is 15.3. The molecule has 0 spiro atoms. The lowest BCUT2D eigenvalue weighted by molar-refractivity contribution is 0.0923. The van der Waals surface area contributed by atoms with Gasteiger partial charge in [0.15, 0.2) is 5.78 Å². The van der Waals surface area contributed by atoms with Crippen LogP contribution in [0.25, 0.3) is 0 Å². The van der Waals surface area contributed by atoms with Crippen LogP contribution in [0.3, 0.4) is 0 Å². The molecule has 0 amide bonds. The monoisotopic (exact) mass is 296 g/mol. The lowest BCUT2D eigenvalue weighted by atomic mass is 10.1. The maximum absolute atomic E-state index is 12.5. The van der Waals surface area contributed by atoms with E-state index in [4.69, 9.17) is 0 Å². The summed E-state index contributed by atoms with van der Waals surface area (Å²) >= 11 is 1.86. The fraction of sp³-hybridized carbons (Fsp3) is 0.688. The van der Waals surface area contributed by atoms with E-state index in [0.717, 1.165) is 30.0 Å². The number of nitrogens with zero attached hydrogens (tertiary/aromatic N) is 2. The molecule has 0 fully saturated rings. The van der Waals surface area contributed by atoms with Crippen molar-refractivity contribution in [2.45, 2.75) is 46.7 Å². The Morgan fingerprint density at radius 2 is 2.10 bits per heavy atom. The van der Waals surface area contributed by atoms with E-state index in [1.807, 2.05) is 31.8 Å². The third-order valence-electron chi connectivity index (χ3n) is 4.08. The lowest BCUT2D eigenvalue weighted by Gasteiger charge is -2.23. The van der Waals surface area contributed by atoms with Crippen LogP contribution in [0.5, 0.6) is 0 Å². The van der Waals surface area contributed by atoms with Crippen molar-refractivity contribution in [1.82, 2.24) is 9.47 Å². The minimum absolute atomic E-state index is 0.233. The molecule has 1 atom stereocenters. The Labute approximate surface area is 127 Å². The van der Waals surface area contributed by atoms with Crippen LogP contribution < -0.4 is 0 Å². The molecule has 1 aromatic rings. The molecule has 4 heteroatoms. The number of hydrogen-bond acceptors (Lipinski definition) is 3. The summed E-state index contributed by atoms with van der Waals surface area (Å²) in [5.41, 5.74) is 3.15. The van der Waals surface area contributed by atoms with Crippen LogP contribution in [-0.2, 0) is 6.54 Å². The van der Waals surface area contributed by atoms with Gasteiger partial charge >= 0.3 is 0 Å². The van der Waals surface area contributed by atoms with Crippen LogP contribution >= 0.6 is 11.8 Å². The number of Topliss-reactive ketones (excluding diaryl/α,β-unsaturated/α-hetero) is 1. The molecule has 0 N–H and O–H groups in total. The van der Waals surface area contributed by atoms with E-state index in [-0.39, 0.29) is 5.78 Å². The topological polar surface area (TPSA) is 25.2 Å². The summed E-state index contributed by atoms with van der Waals surface area (Å²) in [6.07, 6.45) is 3.25. The molecule has 114 valence electrons. The number of rotatable bonds is 8. The number of hydrogen-bond donors (Lipinski definition) is 0. The summed E-state index contributed by atoms with van der Waals surface area (Å²) < 4.78 is 2.20. The number of thioether (sulfide) groups is 1. The van der Waals surface area contributed by atoms with Crippen molar-refractivity contribution in [1.29, 1.82) is 0 Å². The van der Waals surface area contributed by atoms with Gasteiger partial charge < -0.3 is 4.57 Å². The second kappa shape index (κ2) is 7.89. The Bertz CT molecular complexity index is 454. The van der Waals surface area contributed by atoms with Crippen molar-refractivity contribution < 1.29 is 4.79 Å². The number of aromatic nitrogens is 1. The third kappa shape index (κ3) is 4.13. The second-order valence-corrected chi connectivity index (χ2v) is 6.48. The Kier molecular flexibility index (Phi) is 6.83. The highest BCUT2D eigenvalue weighted by Gasteiger charge is 2.18. The van der Waals surface area contributed by atoms with Gasteiger partial charge in [0.25, 0.3) is 0 Å². The summed E-state index contributed by atoms with van der Waals surface area (Å²) in [7, 11) is 2.04. The second-order valence-electron chi connectivity index (χ2n) is 5.50. The Morgan fingerprint density at radius 1 is 1.45 bits per heavy atom. The summed E-state index contributed by atoms with van der Waals surface area (Å²) in [4.78, 5) is 14.6. The molecule has 0 aliphatic heterocycles. The van der Waals surface area contributed by atoms with E-state index in [1.54, 1.807) is 0 Å². The van der Waals surface area contributed by atoms with Crippen LogP contribution in [0, 0.1) is 13.8 Å². The zero-order valence-corrected chi connectivity index (χ0v) is 14.5. The molecule has 1 aromatic heterocycles. The van der Waals surface area contributed by atoms with Gasteiger partial charge in [-0.25, -0.2) is 0 Å². The maximum atomic E-state index is 12.5. The van der Waals surface area contributed by atoms with Crippen molar-refractivity contribution in [2.75, 3.05) is 25.6 Å². The molecular weight excluding hydrogens is 268 g/mol. The van der Waals surface area contributed by atoms with Gasteiger partial charge in [0.1, 0.15) is 0 Å². The first-order chi connectivity index (χ1) is 9.42. The summed E-state index contributed by atoms with van der Waals surface area (Å²) in [5.74, 6) is 1.38. The van der Waals surface area contributed by atoms with Gasteiger partial charge in [0, 0.05) is 29.5 Å². The van der Waals surface area contributed by atoms with Gasteiger partial charge in [-0.15, -0.1) is 0 Å². The first-order valence-electron chi connectivity index (χ1n) is 7.31. The third-order valence-corrected chi connectivity index (χ3v) is 4.72. The first kappa shape index (κ1) is 17.3. The van der Waals surface area contributed by atoms with Crippen molar-refractivity contribution in [3.05, 3.63) is 23.0 Å². The van der Waals surface area contributed by atoms with Gasteiger partial charge in [-0.2, -0.15) is 11.8 Å². The van der Waals surface area contributed by atoms with Gasteiger partial charge in [-0.3, -0.25) is 9.69 Å². The molecule has 1 heterocycles. The highest BCUT2D eigenvalue weighted by atomic mass is 32.2. The van der Waals surface area contributed by atoms with Crippen molar-refractivity contribution in [3.63, 3.8) is 0 Å². The average Bonchev–Trinajstić information content (AvgIpc) is 2.70. The zero-order valence-electron chi connectivity index (χ0n) is 13.7. The minimum Gasteiger partial charge on any atom is -0.349 e. The highest BCUT2D eigenvalue weighted by molar-refractivity contribution is 7.98. The summed E-state index contributed by atoms with van der Waals surface area (Å²) in [6, 6.07) is 2.47. The van der Waals surface area contributed by atoms with Crippen LogP contribution in [0.4, 0.5) is 0 Å². The molecule has 0 saturated heterocycles. The fourth-order valence-electron chi connectivity index (χ4n) is 2.55. The Balaban J connectivity index is 2.71. The molecule has 0 radical (unpaired) electrons. The van der Waals surface area contributed by atoms with E-state index in [1.165, 1.54) is 5.69 Å². The van der Waals surface area contributed by atoms with E-state index in [2.05, 4.69) is 36.5 Å². The standard InChI is InChI=1S/C16H28N2OS/c1-7-18-13(3)10-15(14(18)4)16(19)11-17(5)12(2)8-9-20-6/h10,12H,7-9,11H2,1-6H3. The van der Waals surface area contributed by atoms with Crippen molar-refractivity contribution >= 4 is 17.5 Å². The number of ketones is 1. The van der Waals surface area contributed by atoms with Gasteiger partial charge in [-0.05, 0) is 59.2 Å². The number of likely N-dealkylation sites (N-methyl/N-ethyl adjacent to an activating group) is 1. The average molecular weight is 296 g/mol. The van der Waals surface area contributed by atoms with E-state index >= 15 is 0 Å². The number of aryl methyl sites for hydroxylation is 1. The van der Waals surface area contributed by atoms with E-state index in [9.17, 15) is 4.79 Å². The van der Waals surface area contributed by atoms with Gasteiger partial charge in [0.2, 0.25) is 0 Å². The summed E-state index contributed by atoms with van der Waals surface area (Å²) in [6.45, 7) is 9.84. The van der Waals surface area contributed by atoms with Gasteiger partial charge in [0.05, 0.1) is 6.54 Å². The maximum Gasteiger partial charge on any atom is 0.178 e. The predicted octanol–water partition coefficient (Wildman–Crippen LogP) is 3.38. The van der Waals surface area contributed by atoms with Crippen molar-refractivity contribution in [3.8, 4) is 0 Å². The van der Waals surface area contributed by atoms with E-state index < -0.39 is 0 Å². The largest absolute Gasteiger partial charge is 0.349 e. The van der Waals surface area contributed by atoms with Crippen LogP contribution in [-0.4, -0.2) is 46.9 Å². The molecule has 3 nitrogen and oxygen atoms in total. The smallest absolute Gasteiger partial charge is 0.178 e. The van der Waals surface area contributed by atoms with E-state index in [0.29, 0.717) is 12.6 Å². The Morgan fingerprint density at radius 3 is 2.60 bits per heavy atom. The molecule has 0 aliphatic rings. The molecule has 20 heavy (non-hydrogen) atoms. The first-order valence-corrected chi connectivity index (χ1v) is 8.70. The molecule has 0 aliphatic carbocycles. The molecule has 1 unspecified atom stereocenters. The lowest BCUT2D eigenvalue weighted by Crippen LogP contribution is -2.34.